The fraction of sp³-hybridized carbons (Fsp3) is 0.294. The fourth-order valence-corrected chi connectivity index (χ4v) is 3.55. The van der Waals surface area contributed by atoms with Gasteiger partial charge in [0.25, 0.3) is 0 Å². The molecule has 0 radical (unpaired) electrons. The van der Waals surface area contributed by atoms with Crippen LogP contribution in [0.15, 0.2) is 36.8 Å². The predicted octanol–water partition coefficient (Wildman–Crippen LogP) is 3.25. The van der Waals surface area contributed by atoms with Crippen molar-refractivity contribution in [2.75, 3.05) is 5.73 Å². The lowest BCUT2D eigenvalue weighted by Crippen LogP contribution is -2.17. The number of nitrogens with two attached hydrogens (primary N) is 1. The van der Waals surface area contributed by atoms with Crippen LogP contribution in [0.5, 0.6) is 0 Å². The van der Waals surface area contributed by atoms with Crippen LogP contribution in [-0.2, 0) is 6.42 Å². The van der Waals surface area contributed by atoms with Crippen molar-refractivity contribution in [3.05, 3.63) is 53.5 Å². The number of hydrogen-bond acceptors (Lipinski definition) is 3. The first-order valence-electron chi connectivity index (χ1n) is 7.41. The monoisotopic (exact) mass is 278 g/mol. The molecule has 0 aliphatic heterocycles. The van der Waals surface area contributed by atoms with Crippen molar-refractivity contribution in [2.45, 2.75) is 32.2 Å². The van der Waals surface area contributed by atoms with Crippen molar-refractivity contribution in [1.29, 1.82) is 0 Å². The molecule has 1 aliphatic rings. The van der Waals surface area contributed by atoms with Gasteiger partial charge in [-0.2, -0.15) is 0 Å². The lowest BCUT2D eigenvalue weighted by Gasteiger charge is -2.27. The molecule has 0 saturated carbocycles. The number of fused-ring (bicyclic) bond motifs is 2. The predicted molar refractivity (Wildman–Crippen MR) is 84.2 cm³/mol. The van der Waals surface area contributed by atoms with Crippen LogP contribution in [0.3, 0.4) is 0 Å². The van der Waals surface area contributed by atoms with E-state index < -0.39 is 0 Å². The molecule has 0 fully saturated rings. The van der Waals surface area contributed by atoms with Crippen LogP contribution in [0, 0.1) is 6.92 Å². The van der Waals surface area contributed by atoms with E-state index >= 15 is 0 Å². The molecule has 0 saturated heterocycles. The molecule has 1 aromatic carbocycles. The first-order chi connectivity index (χ1) is 10.3. The number of nitrogen functional groups attached to an aromatic ring is 1. The van der Waals surface area contributed by atoms with Gasteiger partial charge in [-0.15, -0.1) is 0 Å². The van der Waals surface area contributed by atoms with Gasteiger partial charge in [0.05, 0.1) is 11.4 Å². The van der Waals surface area contributed by atoms with Gasteiger partial charge in [-0.3, -0.25) is 0 Å². The second kappa shape index (κ2) is 4.58. The number of hydrogen-bond donors (Lipinski definition) is 1. The van der Waals surface area contributed by atoms with Gasteiger partial charge in [-0.05, 0) is 42.9 Å². The van der Waals surface area contributed by atoms with E-state index in [9.17, 15) is 0 Å². The van der Waals surface area contributed by atoms with Crippen molar-refractivity contribution in [3.8, 4) is 0 Å². The molecule has 4 heteroatoms. The Kier molecular flexibility index (Phi) is 2.70. The van der Waals surface area contributed by atoms with Crippen molar-refractivity contribution in [3.63, 3.8) is 0 Å². The van der Waals surface area contributed by atoms with Gasteiger partial charge < -0.3 is 10.3 Å². The van der Waals surface area contributed by atoms with Gasteiger partial charge in [0.1, 0.15) is 17.8 Å². The standard InChI is InChI=1S/C17H18N4/c1-11-9-21(17-15(11)16(18)19-10-20-17)14-8-4-6-12-5-2-3-7-13(12)14/h2-3,5,7,9-10,14H,4,6,8H2,1H3,(H2,18,19,20). The maximum absolute atomic E-state index is 6.03. The smallest absolute Gasteiger partial charge is 0.146 e. The Morgan fingerprint density at radius 3 is 3.00 bits per heavy atom. The summed E-state index contributed by atoms with van der Waals surface area (Å²) in [5, 5.41) is 0.987. The molecule has 1 atom stereocenters. The largest absolute Gasteiger partial charge is 0.383 e. The highest BCUT2D eigenvalue weighted by Gasteiger charge is 2.24. The molecule has 0 amide bonds. The Bertz CT molecular complexity index is 819. The Labute approximate surface area is 123 Å². The molecule has 0 bridgehead atoms. The summed E-state index contributed by atoms with van der Waals surface area (Å²) in [4.78, 5) is 8.61. The number of benzene rings is 1. The van der Waals surface area contributed by atoms with E-state index in [-0.39, 0.29) is 0 Å². The highest BCUT2D eigenvalue weighted by molar-refractivity contribution is 5.89. The third-order valence-corrected chi connectivity index (χ3v) is 4.50. The number of nitrogens with zero attached hydrogens (tertiary/aromatic N) is 3. The molecule has 2 N–H and O–H groups in total. The van der Waals surface area contributed by atoms with Gasteiger partial charge >= 0.3 is 0 Å². The molecule has 2 heterocycles. The summed E-state index contributed by atoms with van der Waals surface area (Å²) < 4.78 is 2.28. The highest BCUT2D eigenvalue weighted by Crippen LogP contribution is 2.36. The Morgan fingerprint density at radius 2 is 2.10 bits per heavy atom. The molecule has 4 nitrogen and oxygen atoms in total. The van der Waals surface area contributed by atoms with Crippen LogP contribution in [0.2, 0.25) is 0 Å². The van der Waals surface area contributed by atoms with E-state index in [1.165, 1.54) is 24.0 Å². The third-order valence-electron chi connectivity index (χ3n) is 4.50. The Morgan fingerprint density at radius 1 is 1.24 bits per heavy atom. The van der Waals surface area contributed by atoms with E-state index in [4.69, 9.17) is 5.73 Å². The van der Waals surface area contributed by atoms with Crippen LogP contribution in [0.4, 0.5) is 5.82 Å². The molecule has 2 aromatic heterocycles. The normalized spacial score (nSPS) is 17.9. The summed E-state index contributed by atoms with van der Waals surface area (Å²) in [6.07, 6.45) is 7.25. The summed E-state index contributed by atoms with van der Waals surface area (Å²) in [6.45, 7) is 2.08. The molecule has 1 unspecified atom stereocenters. The van der Waals surface area contributed by atoms with Crippen molar-refractivity contribution >= 4 is 16.9 Å². The average Bonchev–Trinajstić information content (AvgIpc) is 2.85. The zero-order chi connectivity index (χ0) is 14.4. The second-order valence-electron chi connectivity index (χ2n) is 5.78. The van der Waals surface area contributed by atoms with Crippen molar-refractivity contribution < 1.29 is 0 Å². The summed E-state index contributed by atoms with van der Waals surface area (Å²) in [6, 6.07) is 9.08. The van der Waals surface area contributed by atoms with Gasteiger partial charge in [-0.25, -0.2) is 9.97 Å². The Hall–Kier alpha value is -2.36. The van der Waals surface area contributed by atoms with E-state index in [1.807, 2.05) is 0 Å². The quantitative estimate of drug-likeness (QED) is 0.743. The number of aromatic nitrogens is 3. The third kappa shape index (κ3) is 1.82. The van der Waals surface area contributed by atoms with Crippen LogP contribution < -0.4 is 5.73 Å². The summed E-state index contributed by atoms with van der Waals surface area (Å²) in [5.74, 6) is 0.570. The maximum atomic E-state index is 6.03. The zero-order valence-corrected chi connectivity index (χ0v) is 12.1. The summed E-state index contributed by atoms with van der Waals surface area (Å²) >= 11 is 0. The van der Waals surface area contributed by atoms with Gasteiger partial charge in [0.15, 0.2) is 0 Å². The summed E-state index contributed by atoms with van der Waals surface area (Å²) in [7, 11) is 0. The minimum atomic E-state index is 0.348. The molecule has 1 aliphatic carbocycles. The number of anilines is 1. The average molecular weight is 278 g/mol. The van der Waals surface area contributed by atoms with Gasteiger partial charge in [-0.1, -0.05) is 24.3 Å². The number of rotatable bonds is 1. The molecular formula is C17H18N4. The first-order valence-corrected chi connectivity index (χ1v) is 7.41. The molecule has 4 rings (SSSR count). The lowest BCUT2D eigenvalue weighted by atomic mass is 9.87. The Balaban J connectivity index is 1.95. The molecular weight excluding hydrogens is 260 g/mol. The summed E-state index contributed by atoms with van der Waals surface area (Å²) in [5.41, 5.74) is 11.0. The van der Waals surface area contributed by atoms with Crippen LogP contribution in [0.25, 0.3) is 11.0 Å². The number of aryl methyl sites for hydroxylation is 2. The highest BCUT2D eigenvalue weighted by atomic mass is 15.1. The van der Waals surface area contributed by atoms with E-state index in [0.717, 1.165) is 23.0 Å². The van der Waals surface area contributed by atoms with E-state index in [0.29, 0.717) is 11.9 Å². The van der Waals surface area contributed by atoms with Crippen LogP contribution >= 0.6 is 0 Å². The van der Waals surface area contributed by atoms with Gasteiger partial charge in [0, 0.05) is 6.20 Å². The van der Waals surface area contributed by atoms with Crippen molar-refractivity contribution in [2.24, 2.45) is 0 Å². The van der Waals surface area contributed by atoms with Crippen LogP contribution in [0.1, 0.15) is 35.6 Å². The molecule has 3 aromatic rings. The second-order valence-corrected chi connectivity index (χ2v) is 5.78. The molecule has 106 valence electrons. The van der Waals surface area contributed by atoms with E-state index in [1.54, 1.807) is 6.33 Å². The minimum absolute atomic E-state index is 0.348. The lowest BCUT2D eigenvalue weighted by molar-refractivity contribution is 0.499. The minimum Gasteiger partial charge on any atom is -0.383 e. The topological polar surface area (TPSA) is 56.7 Å². The zero-order valence-electron chi connectivity index (χ0n) is 12.1. The van der Waals surface area contributed by atoms with E-state index in [2.05, 4.69) is 51.9 Å². The maximum Gasteiger partial charge on any atom is 0.146 e. The van der Waals surface area contributed by atoms with Gasteiger partial charge in [0.2, 0.25) is 0 Å². The SMILES string of the molecule is Cc1cn(C2CCCc3ccccc32)c2ncnc(N)c12. The first kappa shape index (κ1) is 12.4. The van der Waals surface area contributed by atoms with Crippen LogP contribution in [-0.4, -0.2) is 14.5 Å². The van der Waals surface area contributed by atoms with Crippen molar-refractivity contribution in [1.82, 2.24) is 14.5 Å². The molecule has 21 heavy (non-hydrogen) atoms. The molecule has 0 spiro atoms. The fourth-order valence-electron chi connectivity index (χ4n) is 3.55.